The molecular formula is C21H22N4O3S. The minimum Gasteiger partial charge on any atom is -0.507 e. The molecule has 0 radical (unpaired) electrons. The van der Waals surface area contributed by atoms with Gasteiger partial charge in [0.05, 0.1) is 31.0 Å². The van der Waals surface area contributed by atoms with Crippen LogP contribution in [0.15, 0.2) is 46.9 Å². The van der Waals surface area contributed by atoms with Crippen molar-refractivity contribution in [3.63, 3.8) is 0 Å². The molecule has 1 amide bonds. The molecule has 0 bridgehead atoms. The number of phenolic OH excluding ortho intramolecular Hbond substituents is 1. The summed E-state index contributed by atoms with van der Waals surface area (Å²) in [7, 11) is 0. The SMILES string of the molecule is C/C(=N\NC(=O)Cc1csc(N2CCOCC2)n1)c1ccc2ccccc2c1O. The molecule has 0 aliphatic carbocycles. The van der Waals surface area contributed by atoms with Crippen molar-refractivity contribution in [1.29, 1.82) is 0 Å². The Bertz CT molecular complexity index is 1060. The van der Waals surface area contributed by atoms with E-state index in [2.05, 4.69) is 20.4 Å². The van der Waals surface area contributed by atoms with Crippen molar-refractivity contribution in [2.45, 2.75) is 13.3 Å². The number of carbonyl (C=O) groups is 1. The van der Waals surface area contributed by atoms with Crippen LogP contribution in [0.25, 0.3) is 10.8 Å². The number of phenols is 1. The molecule has 1 fully saturated rings. The summed E-state index contributed by atoms with van der Waals surface area (Å²) < 4.78 is 5.35. The second-order valence-electron chi connectivity index (χ2n) is 6.81. The number of aromatic hydroxyl groups is 1. The van der Waals surface area contributed by atoms with Gasteiger partial charge in [-0.25, -0.2) is 10.4 Å². The molecular weight excluding hydrogens is 388 g/mol. The van der Waals surface area contributed by atoms with Gasteiger partial charge in [0.25, 0.3) is 0 Å². The molecule has 0 spiro atoms. The predicted molar refractivity (Wildman–Crippen MR) is 115 cm³/mol. The Morgan fingerprint density at radius 3 is 2.90 bits per heavy atom. The molecule has 2 N–H and O–H groups in total. The quantitative estimate of drug-likeness (QED) is 0.499. The lowest BCUT2D eigenvalue weighted by Crippen LogP contribution is -2.36. The molecule has 8 heteroatoms. The van der Waals surface area contributed by atoms with Crippen molar-refractivity contribution >= 4 is 38.9 Å². The van der Waals surface area contributed by atoms with Gasteiger partial charge in [-0.1, -0.05) is 30.3 Å². The first-order chi connectivity index (χ1) is 14.1. The zero-order valence-electron chi connectivity index (χ0n) is 16.1. The van der Waals surface area contributed by atoms with Crippen LogP contribution >= 0.6 is 11.3 Å². The molecule has 0 saturated carbocycles. The average molecular weight is 410 g/mol. The molecule has 0 unspecified atom stereocenters. The Labute approximate surface area is 172 Å². The largest absolute Gasteiger partial charge is 0.507 e. The Hall–Kier alpha value is -2.97. The summed E-state index contributed by atoms with van der Waals surface area (Å²) in [5.74, 6) is -0.0864. The monoisotopic (exact) mass is 410 g/mol. The maximum atomic E-state index is 12.3. The van der Waals surface area contributed by atoms with Crippen LogP contribution in [-0.4, -0.2) is 48.0 Å². The lowest BCUT2D eigenvalue weighted by molar-refractivity contribution is -0.120. The van der Waals surface area contributed by atoms with E-state index in [1.165, 1.54) is 11.3 Å². The number of thiazole rings is 1. The average Bonchev–Trinajstić information content (AvgIpc) is 3.21. The van der Waals surface area contributed by atoms with Crippen molar-refractivity contribution in [2.24, 2.45) is 5.10 Å². The highest BCUT2D eigenvalue weighted by Crippen LogP contribution is 2.29. The van der Waals surface area contributed by atoms with Gasteiger partial charge < -0.3 is 14.7 Å². The van der Waals surface area contributed by atoms with Crippen LogP contribution in [0.3, 0.4) is 0 Å². The third-order valence-electron chi connectivity index (χ3n) is 4.80. The van der Waals surface area contributed by atoms with Crippen LogP contribution in [-0.2, 0) is 16.0 Å². The molecule has 2 heterocycles. The van der Waals surface area contributed by atoms with Crippen molar-refractivity contribution in [1.82, 2.24) is 10.4 Å². The second kappa shape index (κ2) is 8.59. The Kier molecular flexibility index (Phi) is 5.73. The standard InChI is InChI=1S/C21H22N4O3S/c1-14(17-7-6-15-4-2-3-5-18(15)20(17)27)23-24-19(26)12-16-13-29-21(22-16)25-8-10-28-11-9-25/h2-7,13,27H,8-12H2,1H3,(H,24,26)/b23-14+. The summed E-state index contributed by atoms with van der Waals surface area (Å²) >= 11 is 1.53. The lowest BCUT2D eigenvalue weighted by Gasteiger charge is -2.26. The topological polar surface area (TPSA) is 87.1 Å². The van der Waals surface area contributed by atoms with E-state index in [9.17, 15) is 9.90 Å². The minimum absolute atomic E-state index is 0.154. The van der Waals surface area contributed by atoms with Gasteiger partial charge in [0.15, 0.2) is 5.13 Å². The maximum Gasteiger partial charge on any atom is 0.246 e. The summed E-state index contributed by atoms with van der Waals surface area (Å²) in [6.07, 6.45) is 0.154. The van der Waals surface area contributed by atoms with Crippen LogP contribution in [0.4, 0.5) is 5.13 Å². The maximum absolute atomic E-state index is 12.3. The number of benzene rings is 2. The third-order valence-corrected chi connectivity index (χ3v) is 5.75. The van der Waals surface area contributed by atoms with E-state index < -0.39 is 0 Å². The molecule has 2 aromatic carbocycles. The number of rotatable bonds is 5. The zero-order chi connectivity index (χ0) is 20.2. The number of ether oxygens (including phenoxy) is 1. The first kappa shape index (κ1) is 19.4. The van der Waals surface area contributed by atoms with E-state index in [1.807, 2.05) is 35.7 Å². The number of carbonyl (C=O) groups excluding carboxylic acids is 1. The number of hydrazone groups is 1. The van der Waals surface area contributed by atoms with Crippen molar-refractivity contribution < 1.29 is 14.6 Å². The van der Waals surface area contributed by atoms with Gasteiger partial charge in [-0.15, -0.1) is 11.3 Å². The summed E-state index contributed by atoms with van der Waals surface area (Å²) in [5.41, 5.74) is 4.41. The molecule has 1 saturated heterocycles. The predicted octanol–water partition coefficient (Wildman–Crippen LogP) is 2.92. The number of hydrogen-bond acceptors (Lipinski definition) is 7. The molecule has 7 nitrogen and oxygen atoms in total. The van der Waals surface area contributed by atoms with E-state index in [1.54, 1.807) is 13.0 Å². The lowest BCUT2D eigenvalue weighted by atomic mass is 10.0. The molecule has 1 aliphatic rings. The number of morpholine rings is 1. The van der Waals surface area contributed by atoms with Gasteiger partial charge >= 0.3 is 0 Å². The minimum atomic E-state index is -0.247. The van der Waals surface area contributed by atoms with Gasteiger partial charge in [-0.2, -0.15) is 5.10 Å². The fraction of sp³-hybridized carbons (Fsp3) is 0.286. The summed E-state index contributed by atoms with van der Waals surface area (Å²) in [6.45, 7) is 4.79. The fourth-order valence-corrected chi connectivity index (χ4v) is 4.11. The third kappa shape index (κ3) is 4.38. The highest BCUT2D eigenvalue weighted by atomic mass is 32.1. The number of nitrogens with zero attached hydrogens (tertiary/aromatic N) is 3. The molecule has 0 atom stereocenters. The van der Waals surface area contributed by atoms with Crippen LogP contribution in [0, 0.1) is 0 Å². The normalized spacial score (nSPS) is 14.9. The van der Waals surface area contributed by atoms with E-state index in [-0.39, 0.29) is 18.1 Å². The number of aromatic nitrogens is 1. The summed E-state index contributed by atoms with van der Waals surface area (Å²) in [6, 6.07) is 11.3. The summed E-state index contributed by atoms with van der Waals surface area (Å²) in [4.78, 5) is 19.0. The highest BCUT2D eigenvalue weighted by molar-refractivity contribution is 7.13. The van der Waals surface area contributed by atoms with Crippen LogP contribution < -0.4 is 10.3 Å². The first-order valence-corrected chi connectivity index (χ1v) is 10.3. The Morgan fingerprint density at radius 2 is 2.07 bits per heavy atom. The Balaban J connectivity index is 1.40. The molecule has 1 aromatic heterocycles. The first-order valence-electron chi connectivity index (χ1n) is 9.43. The zero-order valence-corrected chi connectivity index (χ0v) is 16.9. The fourth-order valence-electron chi connectivity index (χ4n) is 3.23. The Morgan fingerprint density at radius 1 is 1.28 bits per heavy atom. The summed E-state index contributed by atoms with van der Waals surface area (Å²) in [5, 5.41) is 19.2. The van der Waals surface area contributed by atoms with Gasteiger partial charge in [-0.05, 0) is 18.4 Å². The van der Waals surface area contributed by atoms with Crippen LogP contribution in [0.5, 0.6) is 5.75 Å². The number of amides is 1. The highest BCUT2D eigenvalue weighted by Gasteiger charge is 2.16. The number of anilines is 1. The number of fused-ring (bicyclic) bond motifs is 1. The second-order valence-corrected chi connectivity index (χ2v) is 7.65. The van der Waals surface area contributed by atoms with Crippen molar-refractivity contribution in [3.05, 3.63) is 53.0 Å². The van der Waals surface area contributed by atoms with Crippen LogP contribution in [0.2, 0.25) is 0 Å². The van der Waals surface area contributed by atoms with E-state index in [4.69, 9.17) is 4.74 Å². The smallest absolute Gasteiger partial charge is 0.246 e. The van der Waals surface area contributed by atoms with Gasteiger partial charge in [0, 0.05) is 29.4 Å². The molecule has 150 valence electrons. The number of hydrogen-bond donors (Lipinski definition) is 2. The van der Waals surface area contributed by atoms with Crippen molar-refractivity contribution in [2.75, 3.05) is 31.2 Å². The van der Waals surface area contributed by atoms with Crippen molar-refractivity contribution in [3.8, 4) is 5.75 Å². The molecule has 3 aromatic rings. The van der Waals surface area contributed by atoms with E-state index in [0.717, 1.165) is 34.7 Å². The van der Waals surface area contributed by atoms with Gasteiger partial charge in [0.2, 0.25) is 5.91 Å². The van der Waals surface area contributed by atoms with E-state index in [0.29, 0.717) is 24.5 Å². The molecule has 1 aliphatic heterocycles. The molecule has 4 rings (SSSR count). The number of nitrogens with one attached hydrogen (secondary N) is 1. The van der Waals surface area contributed by atoms with Gasteiger partial charge in [0.1, 0.15) is 5.75 Å². The molecule has 29 heavy (non-hydrogen) atoms. The van der Waals surface area contributed by atoms with Gasteiger partial charge in [-0.3, -0.25) is 4.79 Å². The van der Waals surface area contributed by atoms with E-state index >= 15 is 0 Å². The van der Waals surface area contributed by atoms with Crippen LogP contribution in [0.1, 0.15) is 18.2 Å².